The normalized spacial score (nSPS) is 11.3. The fourth-order valence-corrected chi connectivity index (χ4v) is 1.75. The zero-order valence-corrected chi connectivity index (χ0v) is 14.2. The van der Waals surface area contributed by atoms with E-state index in [-0.39, 0.29) is 18.1 Å². The molecule has 0 aliphatic carbocycles. The van der Waals surface area contributed by atoms with E-state index in [9.17, 15) is 9.59 Å². The lowest BCUT2D eigenvalue weighted by molar-refractivity contribution is -0.144. The van der Waals surface area contributed by atoms with Gasteiger partial charge in [-0.2, -0.15) is 0 Å². The Labute approximate surface area is 137 Å². The van der Waals surface area contributed by atoms with Gasteiger partial charge < -0.3 is 14.8 Å². The highest BCUT2D eigenvalue weighted by atomic mass is 16.5. The Bertz CT molecular complexity index is 564. The van der Waals surface area contributed by atoms with Crippen LogP contribution in [0.1, 0.15) is 39.7 Å². The third-order valence-electron chi connectivity index (χ3n) is 3.33. The van der Waals surface area contributed by atoms with Crippen LogP contribution in [0.2, 0.25) is 0 Å². The van der Waals surface area contributed by atoms with Crippen molar-refractivity contribution in [3.63, 3.8) is 0 Å². The number of rotatable bonds is 8. The van der Waals surface area contributed by atoms with E-state index >= 15 is 0 Å². The minimum atomic E-state index is -0.569. The summed E-state index contributed by atoms with van der Waals surface area (Å²) in [5, 5.41) is 2.80. The summed E-state index contributed by atoms with van der Waals surface area (Å²) in [5.41, 5.74) is 0.471. The summed E-state index contributed by atoms with van der Waals surface area (Å²) in [6.07, 6.45) is 3.69. The molecule has 0 saturated carbocycles. The molecule has 0 aliphatic rings. The van der Waals surface area contributed by atoms with Gasteiger partial charge in [-0.25, -0.2) is 4.79 Å². The van der Waals surface area contributed by atoms with Gasteiger partial charge in [-0.15, -0.1) is 0 Å². The minimum absolute atomic E-state index is 0.292. The number of nitrogens with one attached hydrogen (secondary N) is 1. The number of para-hydroxylation sites is 1. The lowest BCUT2D eigenvalue weighted by Gasteiger charge is -2.24. The SMILES string of the molecule is CCOc1ccccc1/C=C/C(=O)OCC(=O)NC(C)(C)CC. The fourth-order valence-electron chi connectivity index (χ4n) is 1.75. The van der Waals surface area contributed by atoms with Gasteiger partial charge in [0.05, 0.1) is 6.61 Å². The molecule has 0 saturated heterocycles. The molecule has 0 aliphatic heterocycles. The number of esters is 1. The standard InChI is InChI=1S/C18H25NO4/c1-5-18(3,4)19-16(20)13-23-17(21)12-11-14-9-7-8-10-15(14)22-6-2/h7-12H,5-6,13H2,1-4H3,(H,19,20)/b12-11+. The summed E-state index contributed by atoms with van der Waals surface area (Å²) < 4.78 is 10.4. The smallest absolute Gasteiger partial charge is 0.331 e. The van der Waals surface area contributed by atoms with E-state index in [0.717, 1.165) is 12.0 Å². The summed E-state index contributed by atoms with van der Waals surface area (Å²) in [5.74, 6) is -0.185. The highest BCUT2D eigenvalue weighted by molar-refractivity contribution is 5.89. The van der Waals surface area contributed by atoms with Crippen LogP contribution in [0.25, 0.3) is 6.08 Å². The van der Waals surface area contributed by atoms with Gasteiger partial charge in [0.15, 0.2) is 6.61 Å². The van der Waals surface area contributed by atoms with Crippen molar-refractivity contribution in [1.29, 1.82) is 0 Å². The first kappa shape index (κ1) is 18.7. The fraction of sp³-hybridized carbons (Fsp3) is 0.444. The monoisotopic (exact) mass is 319 g/mol. The van der Waals surface area contributed by atoms with Crippen LogP contribution in [0.5, 0.6) is 5.75 Å². The van der Waals surface area contributed by atoms with E-state index in [0.29, 0.717) is 12.4 Å². The number of ether oxygens (including phenoxy) is 2. The molecule has 5 heteroatoms. The Kier molecular flexibility index (Phi) is 7.32. The average Bonchev–Trinajstić information content (AvgIpc) is 2.52. The van der Waals surface area contributed by atoms with Gasteiger partial charge >= 0.3 is 5.97 Å². The van der Waals surface area contributed by atoms with Crippen LogP contribution in [-0.4, -0.2) is 30.6 Å². The molecule has 0 atom stereocenters. The van der Waals surface area contributed by atoms with E-state index in [2.05, 4.69) is 5.32 Å². The minimum Gasteiger partial charge on any atom is -0.493 e. The summed E-state index contributed by atoms with van der Waals surface area (Å²) in [6, 6.07) is 7.38. The molecule has 0 aromatic heterocycles. The van der Waals surface area contributed by atoms with Crippen molar-refractivity contribution in [2.24, 2.45) is 0 Å². The van der Waals surface area contributed by atoms with Crippen LogP contribution < -0.4 is 10.1 Å². The Balaban J connectivity index is 2.52. The molecule has 0 spiro atoms. The highest BCUT2D eigenvalue weighted by Crippen LogP contribution is 2.19. The summed E-state index contributed by atoms with van der Waals surface area (Å²) >= 11 is 0. The molecule has 0 bridgehead atoms. The molecular formula is C18H25NO4. The Morgan fingerprint density at radius 3 is 2.57 bits per heavy atom. The van der Waals surface area contributed by atoms with Crippen LogP contribution >= 0.6 is 0 Å². The summed E-state index contributed by atoms with van der Waals surface area (Å²) in [6.45, 7) is 7.95. The first-order valence-corrected chi connectivity index (χ1v) is 7.75. The van der Waals surface area contributed by atoms with Crippen molar-refractivity contribution in [2.75, 3.05) is 13.2 Å². The maximum absolute atomic E-state index is 11.7. The number of carbonyl (C=O) groups is 2. The van der Waals surface area contributed by atoms with Crippen LogP contribution in [0.4, 0.5) is 0 Å². The molecular weight excluding hydrogens is 294 g/mol. The van der Waals surface area contributed by atoms with Crippen molar-refractivity contribution >= 4 is 18.0 Å². The predicted octanol–water partition coefficient (Wildman–Crippen LogP) is 2.95. The molecule has 1 rings (SSSR count). The van der Waals surface area contributed by atoms with E-state index < -0.39 is 5.97 Å². The van der Waals surface area contributed by atoms with E-state index in [4.69, 9.17) is 9.47 Å². The Morgan fingerprint density at radius 1 is 1.22 bits per heavy atom. The number of hydrogen-bond acceptors (Lipinski definition) is 4. The summed E-state index contributed by atoms with van der Waals surface area (Å²) in [7, 11) is 0. The third-order valence-corrected chi connectivity index (χ3v) is 3.33. The first-order valence-electron chi connectivity index (χ1n) is 7.75. The van der Waals surface area contributed by atoms with Crippen molar-refractivity contribution in [3.05, 3.63) is 35.9 Å². The topological polar surface area (TPSA) is 64.6 Å². The molecule has 1 N–H and O–H groups in total. The predicted molar refractivity (Wildman–Crippen MR) is 90.1 cm³/mol. The zero-order chi connectivity index (χ0) is 17.3. The van der Waals surface area contributed by atoms with Crippen LogP contribution in [0.15, 0.2) is 30.3 Å². The van der Waals surface area contributed by atoms with Crippen LogP contribution in [0.3, 0.4) is 0 Å². The first-order chi connectivity index (χ1) is 10.9. The molecule has 0 fully saturated rings. The summed E-state index contributed by atoms with van der Waals surface area (Å²) in [4.78, 5) is 23.4. The van der Waals surface area contributed by atoms with Gasteiger partial charge in [0.2, 0.25) is 0 Å². The maximum Gasteiger partial charge on any atom is 0.331 e. The van der Waals surface area contributed by atoms with Gasteiger partial charge in [-0.1, -0.05) is 25.1 Å². The van der Waals surface area contributed by atoms with Gasteiger partial charge in [0.25, 0.3) is 5.91 Å². The molecule has 23 heavy (non-hydrogen) atoms. The number of benzene rings is 1. The Hall–Kier alpha value is -2.30. The van der Waals surface area contributed by atoms with Crippen LogP contribution in [-0.2, 0) is 14.3 Å². The van der Waals surface area contributed by atoms with Crippen molar-refractivity contribution in [2.45, 2.75) is 39.7 Å². The number of carbonyl (C=O) groups excluding carboxylic acids is 2. The van der Waals surface area contributed by atoms with Crippen molar-refractivity contribution in [1.82, 2.24) is 5.32 Å². The molecule has 1 aromatic carbocycles. The lowest BCUT2D eigenvalue weighted by atomic mass is 10.0. The lowest BCUT2D eigenvalue weighted by Crippen LogP contribution is -2.44. The molecule has 0 unspecified atom stereocenters. The van der Waals surface area contributed by atoms with Gasteiger partial charge in [0.1, 0.15) is 5.75 Å². The second-order valence-corrected chi connectivity index (χ2v) is 5.70. The van der Waals surface area contributed by atoms with Crippen molar-refractivity contribution in [3.8, 4) is 5.75 Å². The van der Waals surface area contributed by atoms with E-state index in [1.54, 1.807) is 6.08 Å². The quantitative estimate of drug-likeness (QED) is 0.591. The molecule has 1 aromatic rings. The number of amides is 1. The zero-order valence-electron chi connectivity index (χ0n) is 14.2. The second kappa shape index (κ2) is 8.98. The van der Waals surface area contributed by atoms with E-state index in [1.807, 2.05) is 52.0 Å². The molecule has 126 valence electrons. The third kappa shape index (κ3) is 7.00. The average molecular weight is 319 g/mol. The second-order valence-electron chi connectivity index (χ2n) is 5.70. The maximum atomic E-state index is 11.7. The van der Waals surface area contributed by atoms with Crippen LogP contribution in [0, 0.1) is 0 Å². The van der Waals surface area contributed by atoms with Gasteiger partial charge in [0, 0.05) is 17.2 Å². The van der Waals surface area contributed by atoms with Crippen molar-refractivity contribution < 1.29 is 19.1 Å². The van der Waals surface area contributed by atoms with E-state index in [1.165, 1.54) is 6.08 Å². The highest BCUT2D eigenvalue weighted by Gasteiger charge is 2.18. The largest absolute Gasteiger partial charge is 0.493 e. The Morgan fingerprint density at radius 2 is 1.91 bits per heavy atom. The molecule has 0 radical (unpaired) electrons. The van der Waals surface area contributed by atoms with Gasteiger partial charge in [-0.3, -0.25) is 4.79 Å². The number of hydrogen-bond donors (Lipinski definition) is 1. The molecule has 0 heterocycles. The molecule has 1 amide bonds. The van der Waals surface area contributed by atoms with Gasteiger partial charge in [-0.05, 0) is 39.3 Å². The molecule has 5 nitrogen and oxygen atoms in total.